The number of carbonyl (C=O) groups is 1. The molecule has 0 spiro atoms. The summed E-state index contributed by atoms with van der Waals surface area (Å²) in [6, 6.07) is 1.96. The van der Waals surface area contributed by atoms with Gasteiger partial charge in [-0.2, -0.15) is 0 Å². The Bertz CT molecular complexity index is 554. The number of amides is 1. The van der Waals surface area contributed by atoms with Gasteiger partial charge in [0, 0.05) is 15.9 Å². The maximum absolute atomic E-state index is 11.9. The summed E-state index contributed by atoms with van der Waals surface area (Å²) in [6.07, 6.45) is 1.01. The van der Waals surface area contributed by atoms with Crippen LogP contribution < -0.4 is 10.6 Å². The van der Waals surface area contributed by atoms with Crippen molar-refractivity contribution in [3.63, 3.8) is 0 Å². The predicted molar refractivity (Wildman–Crippen MR) is 81.9 cm³/mol. The fraction of sp³-hybridized carbons (Fsp3) is 0.364. The van der Waals surface area contributed by atoms with E-state index in [0.29, 0.717) is 16.7 Å². The second-order valence-electron chi connectivity index (χ2n) is 3.71. The highest BCUT2D eigenvalue weighted by atomic mass is 79.9. The Kier molecular flexibility index (Phi) is 5.29. The zero-order chi connectivity index (χ0) is 13.7. The first-order chi connectivity index (χ1) is 9.20. The third-order valence-corrected chi connectivity index (χ3v) is 5.05. The van der Waals surface area contributed by atoms with E-state index in [9.17, 15) is 4.79 Å². The molecular weight excluding hydrogens is 348 g/mol. The van der Waals surface area contributed by atoms with Crippen molar-refractivity contribution in [2.45, 2.75) is 19.9 Å². The first-order valence-electron chi connectivity index (χ1n) is 5.78. The van der Waals surface area contributed by atoms with Crippen LogP contribution in [0.3, 0.4) is 0 Å². The number of anilines is 1. The van der Waals surface area contributed by atoms with Gasteiger partial charge in [0.1, 0.15) is 0 Å². The Morgan fingerprint density at radius 1 is 1.47 bits per heavy atom. The normalized spacial score (nSPS) is 10.4. The van der Waals surface area contributed by atoms with Crippen molar-refractivity contribution in [1.29, 1.82) is 0 Å². The average Bonchev–Trinajstić information content (AvgIpc) is 3.03. The molecule has 19 heavy (non-hydrogen) atoms. The molecule has 8 heteroatoms. The van der Waals surface area contributed by atoms with Gasteiger partial charge in [0.15, 0.2) is 0 Å². The number of aromatic nitrogens is 2. The molecule has 2 aromatic heterocycles. The summed E-state index contributed by atoms with van der Waals surface area (Å²) in [7, 11) is 0. The maximum Gasteiger partial charge on any atom is 0.282 e. The Hall–Kier alpha value is -0.990. The van der Waals surface area contributed by atoms with Crippen molar-refractivity contribution in [1.82, 2.24) is 15.5 Å². The molecule has 0 atom stereocenters. The van der Waals surface area contributed by atoms with Gasteiger partial charge in [-0.3, -0.25) is 4.79 Å². The van der Waals surface area contributed by atoms with Gasteiger partial charge in [-0.25, -0.2) is 0 Å². The summed E-state index contributed by atoms with van der Waals surface area (Å²) in [4.78, 5) is 13.0. The van der Waals surface area contributed by atoms with Crippen molar-refractivity contribution in [3.05, 3.63) is 25.8 Å². The second kappa shape index (κ2) is 6.97. The summed E-state index contributed by atoms with van der Waals surface area (Å²) in [5.74, 6) is -0.192. The molecule has 2 N–H and O–H groups in total. The number of hydrogen-bond donors (Lipinski definition) is 2. The Balaban J connectivity index is 1.89. The molecule has 2 aromatic rings. The van der Waals surface area contributed by atoms with Crippen molar-refractivity contribution >= 4 is 49.6 Å². The van der Waals surface area contributed by atoms with Gasteiger partial charge < -0.3 is 10.6 Å². The second-order valence-corrected chi connectivity index (χ2v) is 6.55. The molecular formula is C11H13BrN4OS2. The smallest absolute Gasteiger partial charge is 0.282 e. The van der Waals surface area contributed by atoms with E-state index < -0.39 is 0 Å². The monoisotopic (exact) mass is 360 g/mol. The topological polar surface area (TPSA) is 66.9 Å². The van der Waals surface area contributed by atoms with Gasteiger partial charge in [0.2, 0.25) is 10.1 Å². The molecule has 0 aliphatic heterocycles. The number of carbonyl (C=O) groups excluding carboxylic acids is 1. The molecule has 0 radical (unpaired) electrons. The summed E-state index contributed by atoms with van der Waals surface area (Å²) in [6.45, 7) is 3.40. The zero-order valence-electron chi connectivity index (χ0n) is 10.3. The molecule has 0 fully saturated rings. The number of nitrogens with one attached hydrogen (secondary N) is 2. The Labute approximate surface area is 127 Å². The quantitative estimate of drug-likeness (QED) is 0.830. The molecule has 0 saturated carbocycles. The number of nitrogens with zero attached hydrogens (tertiary/aromatic N) is 2. The summed E-state index contributed by atoms with van der Waals surface area (Å²) in [5.41, 5.74) is 0. The van der Waals surface area contributed by atoms with Crippen molar-refractivity contribution < 1.29 is 4.79 Å². The standard InChI is InChI=1S/C11H13BrN4OS2/c1-2-4-13-11-16-15-10(19-11)9(17)14-6-8-7(12)3-5-18-8/h3,5H,2,4,6H2,1H3,(H,13,16)(H,14,17). The van der Waals surface area contributed by atoms with Crippen LogP contribution in [-0.4, -0.2) is 22.6 Å². The van der Waals surface area contributed by atoms with E-state index in [2.05, 4.69) is 43.7 Å². The minimum atomic E-state index is -0.192. The maximum atomic E-state index is 11.9. The highest BCUT2D eigenvalue weighted by Gasteiger charge is 2.13. The Morgan fingerprint density at radius 3 is 3.00 bits per heavy atom. The molecule has 0 saturated heterocycles. The molecule has 2 heterocycles. The number of halogens is 1. The van der Waals surface area contributed by atoms with E-state index in [1.54, 1.807) is 11.3 Å². The van der Waals surface area contributed by atoms with Crippen LogP contribution in [0.5, 0.6) is 0 Å². The van der Waals surface area contributed by atoms with E-state index in [1.165, 1.54) is 11.3 Å². The molecule has 0 aromatic carbocycles. The van der Waals surface area contributed by atoms with Crippen LogP contribution in [0.15, 0.2) is 15.9 Å². The van der Waals surface area contributed by atoms with Crippen molar-refractivity contribution in [2.75, 3.05) is 11.9 Å². The molecule has 102 valence electrons. The number of rotatable bonds is 6. The first-order valence-corrected chi connectivity index (χ1v) is 8.27. The van der Waals surface area contributed by atoms with Crippen LogP contribution in [0.1, 0.15) is 28.0 Å². The highest BCUT2D eigenvalue weighted by Crippen LogP contribution is 2.22. The van der Waals surface area contributed by atoms with Crippen LogP contribution in [0, 0.1) is 0 Å². The lowest BCUT2D eigenvalue weighted by atomic mass is 10.4. The third kappa shape index (κ3) is 3.99. The summed E-state index contributed by atoms with van der Waals surface area (Å²) >= 11 is 6.29. The third-order valence-electron chi connectivity index (χ3n) is 2.25. The SMILES string of the molecule is CCCNc1nnc(C(=O)NCc2sccc2Br)s1. The highest BCUT2D eigenvalue weighted by molar-refractivity contribution is 9.10. The molecule has 1 amide bonds. The Morgan fingerprint density at radius 2 is 2.32 bits per heavy atom. The molecule has 0 aliphatic carbocycles. The minimum absolute atomic E-state index is 0.192. The van der Waals surface area contributed by atoms with E-state index in [0.717, 1.165) is 22.3 Å². The van der Waals surface area contributed by atoms with Gasteiger partial charge >= 0.3 is 0 Å². The summed E-state index contributed by atoms with van der Waals surface area (Å²) < 4.78 is 1.01. The largest absolute Gasteiger partial charge is 0.360 e. The van der Waals surface area contributed by atoms with E-state index in [1.807, 2.05) is 11.4 Å². The van der Waals surface area contributed by atoms with Crippen LogP contribution in [0.25, 0.3) is 0 Å². The van der Waals surface area contributed by atoms with Gasteiger partial charge in [0.25, 0.3) is 5.91 Å². The lowest BCUT2D eigenvalue weighted by molar-refractivity contribution is 0.0950. The van der Waals surface area contributed by atoms with E-state index in [-0.39, 0.29) is 5.91 Å². The fourth-order valence-corrected chi connectivity index (χ4v) is 3.42. The molecule has 0 aliphatic rings. The van der Waals surface area contributed by atoms with Crippen LogP contribution in [0.2, 0.25) is 0 Å². The molecule has 0 unspecified atom stereocenters. The van der Waals surface area contributed by atoms with Gasteiger partial charge in [0.05, 0.1) is 6.54 Å². The fourth-order valence-electron chi connectivity index (χ4n) is 1.31. The lowest BCUT2D eigenvalue weighted by Gasteiger charge is -2.00. The number of thiophene rings is 1. The van der Waals surface area contributed by atoms with Crippen LogP contribution >= 0.6 is 38.6 Å². The van der Waals surface area contributed by atoms with E-state index >= 15 is 0 Å². The average molecular weight is 361 g/mol. The summed E-state index contributed by atoms with van der Waals surface area (Å²) in [5, 5.41) is 16.8. The van der Waals surface area contributed by atoms with Crippen molar-refractivity contribution in [2.24, 2.45) is 0 Å². The number of hydrogen-bond acceptors (Lipinski definition) is 6. The lowest BCUT2D eigenvalue weighted by Crippen LogP contribution is -2.22. The first kappa shape index (κ1) is 14.4. The van der Waals surface area contributed by atoms with Crippen LogP contribution in [0.4, 0.5) is 5.13 Å². The molecule has 5 nitrogen and oxygen atoms in total. The van der Waals surface area contributed by atoms with Crippen LogP contribution in [-0.2, 0) is 6.54 Å². The molecule has 0 bridgehead atoms. The minimum Gasteiger partial charge on any atom is -0.360 e. The van der Waals surface area contributed by atoms with Gasteiger partial charge in [-0.1, -0.05) is 18.3 Å². The predicted octanol–water partition coefficient (Wildman–Crippen LogP) is 3.11. The van der Waals surface area contributed by atoms with Crippen molar-refractivity contribution in [3.8, 4) is 0 Å². The zero-order valence-corrected chi connectivity index (χ0v) is 13.5. The van der Waals surface area contributed by atoms with Gasteiger partial charge in [-0.15, -0.1) is 21.5 Å². The molecule has 2 rings (SSSR count). The van der Waals surface area contributed by atoms with E-state index in [4.69, 9.17) is 0 Å². The van der Waals surface area contributed by atoms with Gasteiger partial charge in [-0.05, 0) is 33.8 Å².